The van der Waals surface area contributed by atoms with E-state index < -0.39 is 0 Å². The highest BCUT2D eigenvalue weighted by atomic mass is 15.2. The Morgan fingerprint density at radius 2 is 2.14 bits per heavy atom. The van der Waals surface area contributed by atoms with E-state index in [0.29, 0.717) is 12.1 Å². The topological polar surface area (TPSA) is 28.2 Å². The zero-order valence-electron chi connectivity index (χ0n) is 13.9. The van der Waals surface area contributed by atoms with E-state index in [2.05, 4.69) is 49.3 Å². The Hall–Kier alpha value is -1.09. The summed E-state index contributed by atoms with van der Waals surface area (Å²) >= 11 is 0. The minimum absolute atomic E-state index is 0.391. The minimum atomic E-state index is 0.391. The van der Waals surface area contributed by atoms with Crippen LogP contribution < -0.4 is 10.2 Å². The van der Waals surface area contributed by atoms with Crippen LogP contribution in [0.5, 0.6) is 0 Å². The zero-order valence-corrected chi connectivity index (χ0v) is 13.9. The highest BCUT2D eigenvalue weighted by molar-refractivity contribution is 5.46. The Bertz CT molecular complexity index is 401. The van der Waals surface area contributed by atoms with E-state index in [4.69, 9.17) is 4.98 Å². The number of rotatable bonds is 7. The first-order valence-electron chi connectivity index (χ1n) is 8.76. The SMILES string of the molecule is CCCNC(CC)c1ccc(N2CCCCC2CC)cn1. The summed E-state index contributed by atoms with van der Waals surface area (Å²) < 4.78 is 0. The number of nitrogens with zero attached hydrogens (tertiary/aromatic N) is 2. The molecular formula is C18H31N3. The second-order valence-electron chi connectivity index (χ2n) is 6.11. The molecule has 0 aliphatic carbocycles. The molecule has 2 heterocycles. The molecule has 118 valence electrons. The summed E-state index contributed by atoms with van der Waals surface area (Å²) in [6.45, 7) is 8.97. The second kappa shape index (κ2) is 8.38. The van der Waals surface area contributed by atoms with Gasteiger partial charge in [-0.05, 0) is 57.2 Å². The molecule has 0 spiro atoms. The lowest BCUT2D eigenvalue weighted by atomic mass is 9.99. The Labute approximate surface area is 130 Å². The molecule has 2 unspecified atom stereocenters. The highest BCUT2D eigenvalue weighted by Crippen LogP contribution is 2.27. The molecule has 21 heavy (non-hydrogen) atoms. The first-order chi connectivity index (χ1) is 10.3. The van der Waals surface area contributed by atoms with Crippen LogP contribution in [0.3, 0.4) is 0 Å². The number of pyridine rings is 1. The van der Waals surface area contributed by atoms with Crippen LogP contribution in [0, 0.1) is 0 Å². The summed E-state index contributed by atoms with van der Waals surface area (Å²) in [4.78, 5) is 7.30. The number of anilines is 1. The third-order valence-corrected chi connectivity index (χ3v) is 4.61. The molecule has 0 saturated carbocycles. The van der Waals surface area contributed by atoms with Crippen molar-refractivity contribution in [1.29, 1.82) is 0 Å². The highest BCUT2D eigenvalue weighted by Gasteiger charge is 2.21. The molecule has 1 aromatic heterocycles. The predicted molar refractivity (Wildman–Crippen MR) is 90.8 cm³/mol. The third-order valence-electron chi connectivity index (χ3n) is 4.61. The van der Waals surface area contributed by atoms with Gasteiger partial charge in [0.25, 0.3) is 0 Å². The fraction of sp³-hybridized carbons (Fsp3) is 0.722. The number of piperidine rings is 1. The second-order valence-corrected chi connectivity index (χ2v) is 6.11. The van der Waals surface area contributed by atoms with Gasteiger partial charge in [0.1, 0.15) is 0 Å². The van der Waals surface area contributed by atoms with Gasteiger partial charge in [-0.2, -0.15) is 0 Å². The molecule has 0 bridgehead atoms. The van der Waals surface area contributed by atoms with Crippen molar-refractivity contribution in [2.45, 2.75) is 71.4 Å². The van der Waals surface area contributed by atoms with Gasteiger partial charge in [0.05, 0.1) is 17.6 Å². The fourth-order valence-electron chi connectivity index (χ4n) is 3.32. The van der Waals surface area contributed by atoms with E-state index in [9.17, 15) is 0 Å². The smallest absolute Gasteiger partial charge is 0.0574 e. The first-order valence-corrected chi connectivity index (χ1v) is 8.76. The number of hydrogen-bond donors (Lipinski definition) is 1. The first kappa shape index (κ1) is 16.3. The largest absolute Gasteiger partial charge is 0.367 e. The van der Waals surface area contributed by atoms with Crippen LogP contribution in [0.2, 0.25) is 0 Å². The Kier molecular flexibility index (Phi) is 6.50. The van der Waals surface area contributed by atoms with Gasteiger partial charge in [0.15, 0.2) is 0 Å². The van der Waals surface area contributed by atoms with E-state index >= 15 is 0 Å². The quantitative estimate of drug-likeness (QED) is 0.811. The molecule has 1 N–H and O–H groups in total. The molecule has 2 atom stereocenters. The molecular weight excluding hydrogens is 258 g/mol. The summed E-state index contributed by atoms with van der Waals surface area (Å²) in [7, 11) is 0. The summed E-state index contributed by atoms with van der Waals surface area (Å²) in [5, 5.41) is 3.58. The van der Waals surface area contributed by atoms with E-state index in [1.807, 2.05) is 0 Å². The standard InChI is InChI=1S/C18H31N3/c1-4-12-19-17(6-3)18-11-10-16(14-20-18)21-13-8-7-9-15(21)5-2/h10-11,14-15,17,19H,4-9,12-13H2,1-3H3. The minimum Gasteiger partial charge on any atom is -0.367 e. The maximum Gasteiger partial charge on any atom is 0.0574 e. The van der Waals surface area contributed by atoms with Crippen LogP contribution >= 0.6 is 0 Å². The Morgan fingerprint density at radius 1 is 1.29 bits per heavy atom. The van der Waals surface area contributed by atoms with Gasteiger partial charge < -0.3 is 10.2 Å². The van der Waals surface area contributed by atoms with Gasteiger partial charge in [0.2, 0.25) is 0 Å². The van der Waals surface area contributed by atoms with Crippen LogP contribution in [-0.4, -0.2) is 24.1 Å². The van der Waals surface area contributed by atoms with Crippen molar-refractivity contribution < 1.29 is 0 Å². The molecule has 1 fully saturated rings. The summed E-state index contributed by atoms with van der Waals surface area (Å²) in [5.41, 5.74) is 2.48. The van der Waals surface area contributed by atoms with Crippen molar-refractivity contribution in [1.82, 2.24) is 10.3 Å². The molecule has 3 nitrogen and oxygen atoms in total. The Balaban J connectivity index is 2.06. The summed E-state index contributed by atoms with van der Waals surface area (Å²) in [6.07, 6.45) is 9.59. The van der Waals surface area contributed by atoms with Crippen molar-refractivity contribution in [2.75, 3.05) is 18.0 Å². The lowest BCUT2D eigenvalue weighted by Crippen LogP contribution is -2.39. The van der Waals surface area contributed by atoms with Gasteiger partial charge in [0, 0.05) is 18.6 Å². The maximum absolute atomic E-state index is 4.74. The molecule has 2 rings (SSSR count). The molecule has 3 heteroatoms. The van der Waals surface area contributed by atoms with Crippen LogP contribution in [0.1, 0.15) is 71.0 Å². The zero-order chi connectivity index (χ0) is 15.1. The van der Waals surface area contributed by atoms with Crippen molar-refractivity contribution in [3.63, 3.8) is 0 Å². The van der Waals surface area contributed by atoms with Gasteiger partial charge >= 0.3 is 0 Å². The van der Waals surface area contributed by atoms with Gasteiger partial charge in [-0.25, -0.2) is 0 Å². The predicted octanol–water partition coefficient (Wildman–Crippen LogP) is 4.30. The van der Waals surface area contributed by atoms with Crippen molar-refractivity contribution in [3.8, 4) is 0 Å². The van der Waals surface area contributed by atoms with Crippen molar-refractivity contribution in [2.24, 2.45) is 0 Å². The van der Waals surface area contributed by atoms with Gasteiger partial charge in [-0.3, -0.25) is 4.98 Å². The summed E-state index contributed by atoms with van der Waals surface area (Å²) in [6, 6.07) is 5.58. The van der Waals surface area contributed by atoms with Crippen molar-refractivity contribution >= 4 is 5.69 Å². The Morgan fingerprint density at radius 3 is 2.76 bits per heavy atom. The molecule has 1 aromatic rings. The molecule has 0 amide bonds. The molecule has 1 saturated heterocycles. The average Bonchev–Trinajstić information content (AvgIpc) is 2.56. The van der Waals surface area contributed by atoms with E-state index in [1.54, 1.807) is 0 Å². The number of hydrogen-bond acceptors (Lipinski definition) is 3. The maximum atomic E-state index is 4.74. The van der Waals surface area contributed by atoms with Crippen LogP contribution in [0.4, 0.5) is 5.69 Å². The fourth-order valence-corrected chi connectivity index (χ4v) is 3.32. The van der Waals surface area contributed by atoms with E-state index in [-0.39, 0.29) is 0 Å². The monoisotopic (exact) mass is 289 g/mol. The molecule has 0 radical (unpaired) electrons. The number of aromatic nitrogens is 1. The lowest BCUT2D eigenvalue weighted by molar-refractivity contribution is 0.449. The number of nitrogens with one attached hydrogen (secondary N) is 1. The summed E-state index contributed by atoms with van der Waals surface area (Å²) in [5.74, 6) is 0. The third kappa shape index (κ3) is 4.19. The van der Waals surface area contributed by atoms with E-state index in [1.165, 1.54) is 50.0 Å². The lowest BCUT2D eigenvalue weighted by Gasteiger charge is -2.37. The van der Waals surface area contributed by atoms with Crippen LogP contribution in [-0.2, 0) is 0 Å². The van der Waals surface area contributed by atoms with Crippen LogP contribution in [0.25, 0.3) is 0 Å². The van der Waals surface area contributed by atoms with Gasteiger partial charge in [-0.1, -0.05) is 20.8 Å². The van der Waals surface area contributed by atoms with Crippen LogP contribution in [0.15, 0.2) is 18.3 Å². The average molecular weight is 289 g/mol. The molecule has 1 aliphatic rings. The van der Waals surface area contributed by atoms with Gasteiger partial charge in [-0.15, -0.1) is 0 Å². The molecule has 0 aromatic carbocycles. The normalized spacial score (nSPS) is 20.5. The van der Waals surface area contributed by atoms with E-state index in [0.717, 1.165) is 13.0 Å². The molecule has 1 aliphatic heterocycles. The van der Waals surface area contributed by atoms with Crippen molar-refractivity contribution in [3.05, 3.63) is 24.0 Å².